The number of hydrogen-bond donors (Lipinski definition) is 2. The molecule has 14 heavy (non-hydrogen) atoms. The molecule has 0 saturated heterocycles. The number of primary amides is 1. The molecule has 4 heteroatoms. The number of fused-ring (bicyclic) bond motifs is 1. The fraction of sp³-hybridized carbons (Fsp3) is 0.200. The first-order chi connectivity index (χ1) is 6.55. The summed E-state index contributed by atoms with van der Waals surface area (Å²) >= 11 is 0. The van der Waals surface area contributed by atoms with Crippen molar-refractivity contribution in [2.75, 3.05) is 0 Å². The molecular formula is C10H10N2O2. The predicted molar refractivity (Wildman–Crippen MR) is 50.5 cm³/mol. The van der Waals surface area contributed by atoms with Gasteiger partial charge in [0.05, 0.1) is 0 Å². The maximum atomic E-state index is 11.5. The molecule has 1 atom stereocenters. The van der Waals surface area contributed by atoms with E-state index in [0.717, 1.165) is 0 Å². The van der Waals surface area contributed by atoms with Crippen LogP contribution in [0.3, 0.4) is 0 Å². The number of amides is 2. The third-order valence-electron chi connectivity index (χ3n) is 2.57. The van der Waals surface area contributed by atoms with Crippen LogP contribution in [0.2, 0.25) is 0 Å². The molecule has 0 aliphatic carbocycles. The molecule has 0 bridgehead atoms. The first kappa shape index (κ1) is 8.74. The lowest BCUT2D eigenvalue weighted by molar-refractivity contribution is -0.123. The van der Waals surface area contributed by atoms with Crippen LogP contribution in [-0.2, 0) is 10.3 Å². The van der Waals surface area contributed by atoms with Gasteiger partial charge in [0.15, 0.2) is 0 Å². The Bertz CT molecular complexity index is 428. The zero-order valence-corrected chi connectivity index (χ0v) is 7.70. The van der Waals surface area contributed by atoms with E-state index in [2.05, 4.69) is 5.32 Å². The average molecular weight is 190 g/mol. The van der Waals surface area contributed by atoms with Gasteiger partial charge in [0.25, 0.3) is 5.91 Å². The second kappa shape index (κ2) is 2.57. The van der Waals surface area contributed by atoms with E-state index in [1.807, 2.05) is 0 Å². The van der Waals surface area contributed by atoms with E-state index < -0.39 is 11.4 Å². The van der Waals surface area contributed by atoms with E-state index in [0.29, 0.717) is 11.1 Å². The molecule has 0 aromatic heterocycles. The first-order valence-electron chi connectivity index (χ1n) is 4.27. The van der Waals surface area contributed by atoms with Gasteiger partial charge in [0, 0.05) is 5.56 Å². The third-order valence-corrected chi connectivity index (χ3v) is 2.57. The SMILES string of the molecule is CC1(C(N)=O)NC(=O)c2ccccc21. The summed E-state index contributed by atoms with van der Waals surface area (Å²) < 4.78 is 0. The lowest BCUT2D eigenvalue weighted by Crippen LogP contribution is -2.47. The molecule has 0 radical (unpaired) electrons. The molecule has 1 aliphatic rings. The molecule has 2 rings (SSSR count). The van der Waals surface area contributed by atoms with Gasteiger partial charge in [-0.3, -0.25) is 9.59 Å². The Morgan fingerprint density at radius 2 is 2.07 bits per heavy atom. The monoisotopic (exact) mass is 190 g/mol. The van der Waals surface area contributed by atoms with E-state index in [-0.39, 0.29) is 5.91 Å². The molecule has 3 N–H and O–H groups in total. The highest BCUT2D eigenvalue weighted by Crippen LogP contribution is 2.30. The summed E-state index contributed by atoms with van der Waals surface area (Å²) in [5.41, 5.74) is 5.37. The quantitative estimate of drug-likeness (QED) is 0.660. The van der Waals surface area contributed by atoms with E-state index in [1.165, 1.54) is 0 Å². The highest BCUT2D eigenvalue weighted by Gasteiger charge is 2.43. The lowest BCUT2D eigenvalue weighted by Gasteiger charge is -2.20. The Balaban J connectivity index is 2.65. The fourth-order valence-corrected chi connectivity index (χ4v) is 1.67. The minimum atomic E-state index is -1.06. The molecule has 1 aromatic carbocycles. The van der Waals surface area contributed by atoms with E-state index in [1.54, 1.807) is 31.2 Å². The van der Waals surface area contributed by atoms with Crippen molar-refractivity contribution in [3.63, 3.8) is 0 Å². The Morgan fingerprint density at radius 3 is 2.71 bits per heavy atom. The van der Waals surface area contributed by atoms with Crippen LogP contribution in [0.4, 0.5) is 0 Å². The molecule has 0 fully saturated rings. The Kier molecular flexibility index (Phi) is 1.61. The van der Waals surface area contributed by atoms with Crippen molar-refractivity contribution in [1.82, 2.24) is 5.32 Å². The van der Waals surface area contributed by atoms with E-state index in [4.69, 9.17) is 5.73 Å². The molecular weight excluding hydrogens is 180 g/mol. The maximum Gasteiger partial charge on any atom is 0.252 e. The topological polar surface area (TPSA) is 72.2 Å². The normalized spacial score (nSPS) is 24.2. The van der Waals surface area contributed by atoms with Crippen LogP contribution in [0, 0.1) is 0 Å². The number of nitrogens with two attached hydrogens (primary N) is 1. The molecule has 1 unspecified atom stereocenters. The largest absolute Gasteiger partial charge is 0.367 e. The summed E-state index contributed by atoms with van der Waals surface area (Å²) in [5, 5.41) is 2.58. The Hall–Kier alpha value is -1.84. The number of carbonyl (C=O) groups is 2. The van der Waals surface area contributed by atoms with Crippen LogP contribution in [0.1, 0.15) is 22.8 Å². The Labute approximate surface area is 81.1 Å². The summed E-state index contributed by atoms with van der Waals surface area (Å²) in [4.78, 5) is 22.7. The summed E-state index contributed by atoms with van der Waals surface area (Å²) in [5.74, 6) is -0.794. The van der Waals surface area contributed by atoms with Crippen molar-refractivity contribution in [1.29, 1.82) is 0 Å². The maximum absolute atomic E-state index is 11.5. The summed E-state index contributed by atoms with van der Waals surface area (Å²) in [6.07, 6.45) is 0. The number of hydrogen-bond acceptors (Lipinski definition) is 2. The fourth-order valence-electron chi connectivity index (χ4n) is 1.67. The minimum absolute atomic E-state index is 0.248. The van der Waals surface area contributed by atoms with Gasteiger partial charge in [-0.05, 0) is 18.6 Å². The van der Waals surface area contributed by atoms with Crippen molar-refractivity contribution in [3.8, 4) is 0 Å². The van der Waals surface area contributed by atoms with Crippen LogP contribution in [0.5, 0.6) is 0 Å². The molecule has 0 saturated carbocycles. The second-order valence-electron chi connectivity index (χ2n) is 3.49. The first-order valence-corrected chi connectivity index (χ1v) is 4.27. The van der Waals surface area contributed by atoms with Gasteiger partial charge < -0.3 is 11.1 Å². The lowest BCUT2D eigenvalue weighted by atomic mass is 9.92. The second-order valence-corrected chi connectivity index (χ2v) is 3.49. The Morgan fingerprint density at radius 1 is 1.43 bits per heavy atom. The predicted octanol–water partition coefficient (Wildman–Crippen LogP) is 0.130. The van der Waals surface area contributed by atoms with Crippen LogP contribution >= 0.6 is 0 Å². The number of nitrogens with one attached hydrogen (secondary N) is 1. The van der Waals surface area contributed by atoms with Crippen LogP contribution in [0.25, 0.3) is 0 Å². The van der Waals surface area contributed by atoms with Gasteiger partial charge in [0.1, 0.15) is 5.54 Å². The van der Waals surface area contributed by atoms with Crippen molar-refractivity contribution in [2.45, 2.75) is 12.5 Å². The van der Waals surface area contributed by atoms with E-state index >= 15 is 0 Å². The third kappa shape index (κ3) is 0.937. The highest BCUT2D eigenvalue weighted by molar-refractivity contribution is 6.06. The van der Waals surface area contributed by atoms with Crippen LogP contribution in [-0.4, -0.2) is 11.8 Å². The smallest absolute Gasteiger partial charge is 0.252 e. The van der Waals surface area contributed by atoms with Gasteiger partial charge in [-0.15, -0.1) is 0 Å². The van der Waals surface area contributed by atoms with Crippen molar-refractivity contribution in [2.24, 2.45) is 5.73 Å². The van der Waals surface area contributed by atoms with Crippen molar-refractivity contribution >= 4 is 11.8 Å². The van der Waals surface area contributed by atoms with Crippen LogP contribution < -0.4 is 11.1 Å². The molecule has 4 nitrogen and oxygen atoms in total. The molecule has 2 amide bonds. The van der Waals surface area contributed by atoms with Crippen molar-refractivity contribution < 1.29 is 9.59 Å². The zero-order chi connectivity index (χ0) is 10.3. The van der Waals surface area contributed by atoms with Gasteiger partial charge in [-0.25, -0.2) is 0 Å². The highest BCUT2D eigenvalue weighted by atomic mass is 16.2. The van der Waals surface area contributed by atoms with Gasteiger partial charge >= 0.3 is 0 Å². The molecule has 1 aliphatic heterocycles. The summed E-state index contributed by atoms with van der Waals surface area (Å²) in [6.45, 7) is 1.61. The molecule has 1 heterocycles. The number of rotatable bonds is 1. The van der Waals surface area contributed by atoms with Crippen molar-refractivity contribution in [3.05, 3.63) is 35.4 Å². The average Bonchev–Trinajstić information content (AvgIpc) is 2.42. The summed E-state index contributed by atoms with van der Waals surface area (Å²) in [7, 11) is 0. The molecule has 0 spiro atoms. The van der Waals surface area contributed by atoms with Gasteiger partial charge in [-0.2, -0.15) is 0 Å². The molecule has 1 aromatic rings. The number of carbonyl (C=O) groups excluding carboxylic acids is 2. The number of benzene rings is 1. The zero-order valence-electron chi connectivity index (χ0n) is 7.70. The molecule has 72 valence electrons. The van der Waals surface area contributed by atoms with Crippen LogP contribution in [0.15, 0.2) is 24.3 Å². The van der Waals surface area contributed by atoms with Gasteiger partial charge in [-0.1, -0.05) is 18.2 Å². The minimum Gasteiger partial charge on any atom is -0.367 e. The summed E-state index contributed by atoms with van der Waals surface area (Å²) in [6, 6.07) is 6.95. The van der Waals surface area contributed by atoms with E-state index in [9.17, 15) is 9.59 Å². The standard InChI is InChI=1S/C10H10N2O2/c1-10(9(11)14)7-5-3-2-4-6(7)8(13)12-10/h2-5H,1H3,(H2,11,14)(H,12,13). The van der Waals surface area contributed by atoms with Gasteiger partial charge in [0.2, 0.25) is 5.91 Å².